The maximum Gasteiger partial charge on any atom is 0.407 e. The number of fused-ring (bicyclic) bond motifs is 3. The van der Waals surface area contributed by atoms with Crippen LogP contribution in [0, 0.1) is 0 Å². The molecule has 0 saturated heterocycles. The SMILES string of the molecule is O=C(CNC(=O)CNC(=O)OCC1c2ccccc2-c2ccccc21)NCC(=O)NC(C(=O)O)C(=O)O. The number of aliphatic carboxylic acids is 2. The zero-order valence-corrected chi connectivity index (χ0v) is 19.4. The monoisotopic (exact) mass is 512 g/mol. The highest BCUT2D eigenvalue weighted by molar-refractivity contribution is 6.01. The number of hydrogen-bond donors (Lipinski definition) is 6. The first-order chi connectivity index (χ1) is 17.7. The zero-order valence-electron chi connectivity index (χ0n) is 19.4. The molecule has 3 rings (SSSR count). The van der Waals surface area contributed by atoms with Crippen LogP contribution in [-0.2, 0) is 28.7 Å². The topological polar surface area (TPSA) is 200 Å². The molecule has 6 N–H and O–H groups in total. The lowest BCUT2D eigenvalue weighted by molar-refractivity contribution is -0.153. The van der Waals surface area contributed by atoms with Crippen LogP contribution in [0.4, 0.5) is 4.79 Å². The third kappa shape index (κ3) is 7.04. The van der Waals surface area contributed by atoms with Crippen LogP contribution in [0.3, 0.4) is 0 Å². The number of benzene rings is 2. The Kier molecular flexibility index (Phi) is 8.76. The van der Waals surface area contributed by atoms with Crippen molar-refractivity contribution in [3.63, 3.8) is 0 Å². The molecule has 1 aliphatic carbocycles. The summed E-state index contributed by atoms with van der Waals surface area (Å²) in [6.45, 7) is -1.65. The van der Waals surface area contributed by atoms with Crippen molar-refractivity contribution in [1.82, 2.24) is 21.3 Å². The van der Waals surface area contributed by atoms with E-state index in [9.17, 15) is 28.8 Å². The average molecular weight is 512 g/mol. The van der Waals surface area contributed by atoms with Crippen LogP contribution >= 0.6 is 0 Å². The fourth-order valence-electron chi connectivity index (χ4n) is 3.73. The second-order valence-electron chi connectivity index (χ2n) is 7.91. The van der Waals surface area contributed by atoms with E-state index in [1.165, 1.54) is 0 Å². The zero-order chi connectivity index (χ0) is 26.9. The summed E-state index contributed by atoms with van der Waals surface area (Å²) in [6, 6.07) is 13.5. The van der Waals surface area contributed by atoms with Gasteiger partial charge in [-0.25, -0.2) is 14.4 Å². The van der Waals surface area contributed by atoms with E-state index in [1.54, 1.807) is 5.32 Å². The molecule has 13 heteroatoms. The Morgan fingerprint density at radius 3 is 1.68 bits per heavy atom. The number of alkyl carbamates (subject to hydrolysis) is 1. The lowest BCUT2D eigenvalue weighted by Crippen LogP contribution is -2.50. The highest BCUT2D eigenvalue weighted by Crippen LogP contribution is 2.44. The number of carboxylic acids is 2. The largest absolute Gasteiger partial charge is 0.479 e. The summed E-state index contributed by atoms with van der Waals surface area (Å²) < 4.78 is 5.31. The van der Waals surface area contributed by atoms with Crippen molar-refractivity contribution in [2.75, 3.05) is 26.2 Å². The third-order valence-electron chi connectivity index (χ3n) is 5.43. The van der Waals surface area contributed by atoms with Crippen molar-refractivity contribution in [2.24, 2.45) is 0 Å². The molecule has 194 valence electrons. The number of carboxylic acid groups (broad SMARTS) is 2. The van der Waals surface area contributed by atoms with Gasteiger partial charge in [-0.15, -0.1) is 0 Å². The summed E-state index contributed by atoms with van der Waals surface area (Å²) in [4.78, 5) is 68.8. The highest BCUT2D eigenvalue weighted by Gasteiger charge is 2.29. The van der Waals surface area contributed by atoms with Crippen LogP contribution in [-0.4, -0.2) is 78.2 Å². The Bertz CT molecular complexity index is 1170. The first-order valence-corrected chi connectivity index (χ1v) is 11.0. The van der Waals surface area contributed by atoms with Gasteiger partial charge in [-0.1, -0.05) is 48.5 Å². The van der Waals surface area contributed by atoms with E-state index in [1.807, 2.05) is 48.5 Å². The number of ether oxygens (including phenoxy) is 1. The molecule has 2 aromatic rings. The lowest BCUT2D eigenvalue weighted by Gasteiger charge is -2.14. The number of nitrogens with one attached hydrogen (secondary N) is 4. The van der Waals surface area contributed by atoms with E-state index in [-0.39, 0.29) is 12.5 Å². The highest BCUT2D eigenvalue weighted by atomic mass is 16.5. The lowest BCUT2D eigenvalue weighted by atomic mass is 9.98. The van der Waals surface area contributed by atoms with Gasteiger partial charge in [-0.3, -0.25) is 14.4 Å². The van der Waals surface area contributed by atoms with Gasteiger partial charge in [0.25, 0.3) is 0 Å². The molecule has 0 spiro atoms. The van der Waals surface area contributed by atoms with E-state index < -0.39 is 61.4 Å². The molecule has 0 fully saturated rings. The molecular weight excluding hydrogens is 488 g/mol. The fraction of sp³-hybridized carbons (Fsp3) is 0.250. The van der Waals surface area contributed by atoms with Gasteiger partial charge < -0.3 is 36.2 Å². The molecule has 0 atom stereocenters. The summed E-state index contributed by atoms with van der Waals surface area (Å²) in [7, 11) is 0. The number of carbonyl (C=O) groups excluding carboxylic acids is 4. The normalized spacial score (nSPS) is 11.6. The van der Waals surface area contributed by atoms with Crippen molar-refractivity contribution in [3.05, 3.63) is 59.7 Å². The molecule has 0 radical (unpaired) electrons. The molecule has 4 amide bonds. The van der Waals surface area contributed by atoms with Crippen LogP contribution < -0.4 is 21.3 Å². The number of amides is 4. The van der Waals surface area contributed by atoms with E-state index in [0.717, 1.165) is 22.3 Å². The van der Waals surface area contributed by atoms with E-state index in [0.29, 0.717) is 0 Å². The Hall–Kier alpha value is -4.94. The number of rotatable bonds is 11. The molecule has 0 unspecified atom stereocenters. The molecule has 0 heterocycles. The maximum absolute atomic E-state index is 12.1. The smallest absolute Gasteiger partial charge is 0.407 e. The molecule has 37 heavy (non-hydrogen) atoms. The Balaban J connectivity index is 1.36. The second-order valence-corrected chi connectivity index (χ2v) is 7.91. The Labute approximate surface area is 210 Å². The van der Waals surface area contributed by atoms with Crippen molar-refractivity contribution in [1.29, 1.82) is 0 Å². The van der Waals surface area contributed by atoms with Gasteiger partial charge in [-0.2, -0.15) is 0 Å². The van der Waals surface area contributed by atoms with Crippen molar-refractivity contribution < 1.29 is 43.7 Å². The summed E-state index contributed by atoms with van der Waals surface area (Å²) in [5.74, 6) is -6.25. The van der Waals surface area contributed by atoms with Crippen molar-refractivity contribution in [2.45, 2.75) is 12.0 Å². The summed E-state index contributed by atoms with van der Waals surface area (Å²) in [5.41, 5.74) is 4.22. The maximum atomic E-state index is 12.1. The van der Waals surface area contributed by atoms with Gasteiger partial charge in [0, 0.05) is 5.92 Å². The molecule has 0 aliphatic heterocycles. The minimum Gasteiger partial charge on any atom is -0.479 e. The molecule has 0 aromatic heterocycles. The first-order valence-electron chi connectivity index (χ1n) is 11.0. The van der Waals surface area contributed by atoms with E-state index in [2.05, 4.69) is 16.0 Å². The van der Waals surface area contributed by atoms with Gasteiger partial charge in [0.15, 0.2) is 0 Å². The molecule has 1 aliphatic rings. The van der Waals surface area contributed by atoms with Gasteiger partial charge in [0.2, 0.25) is 23.8 Å². The van der Waals surface area contributed by atoms with Gasteiger partial charge in [0.05, 0.1) is 13.1 Å². The number of hydrogen-bond acceptors (Lipinski definition) is 7. The Morgan fingerprint density at radius 1 is 0.703 bits per heavy atom. The fourth-order valence-corrected chi connectivity index (χ4v) is 3.73. The molecule has 0 bridgehead atoms. The molecule has 13 nitrogen and oxygen atoms in total. The molecular formula is C24H24N4O9. The van der Waals surface area contributed by atoms with Crippen LogP contribution in [0.2, 0.25) is 0 Å². The predicted molar refractivity (Wildman–Crippen MR) is 126 cm³/mol. The average Bonchev–Trinajstić information content (AvgIpc) is 3.20. The van der Waals surface area contributed by atoms with Gasteiger partial charge in [-0.05, 0) is 22.3 Å². The minimum atomic E-state index is -2.16. The first kappa shape index (κ1) is 26.7. The van der Waals surface area contributed by atoms with Crippen LogP contribution in [0.25, 0.3) is 11.1 Å². The van der Waals surface area contributed by atoms with Crippen molar-refractivity contribution in [3.8, 4) is 11.1 Å². The second kappa shape index (κ2) is 12.2. The summed E-state index contributed by atoms with van der Waals surface area (Å²) in [5, 5.41) is 25.7. The van der Waals surface area contributed by atoms with Crippen LogP contribution in [0.5, 0.6) is 0 Å². The van der Waals surface area contributed by atoms with E-state index >= 15 is 0 Å². The predicted octanol–water partition coefficient (Wildman–Crippen LogP) is -0.588. The van der Waals surface area contributed by atoms with Gasteiger partial charge in [0.1, 0.15) is 13.2 Å². The third-order valence-corrected chi connectivity index (χ3v) is 5.43. The summed E-state index contributed by atoms with van der Waals surface area (Å²) >= 11 is 0. The Morgan fingerprint density at radius 2 is 1.16 bits per heavy atom. The quantitative estimate of drug-likeness (QED) is 0.213. The van der Waals surface area contributed by atoms with E-state index in [4.69, 9.17) is 14.9 Å². The summed E-state index contributed by atoms with van der Waals surface area (Å²) in [6.07, 6.45) is -0.815. The van der Waals surface area contributed by atoms with Crippen LogP contribution in [0.15, 0.2) is 48.5 Å². The molecule has 2 aromatic carbocycles. The van der Waals surface area contributed by atoms with Crippen LogP contribution in [0.1, 0.15) is 17.0 Å². The minimum absolute atomic E-state index is 0.0660. The standard InChI is InChI=1S/C24H24N4O9/c29-18(26-11-20(31)28-21(22(32)33)23(34)35)9-25-19(30)10-27-24(36)37-12-17-15-7-3-1-5-13(15)14-6-2-4-8-16(14)17/h1-8,17,21H,9-12H2,(H,25,30)(H,26,29)(H,27,36)(H,28,31)(H,32,33)(H,34,35). The number of carbonyl (C=O) groups is 6. The molecule has 0 saturated carbocycles. The van der Waals surface area contributed by atoms with Gasteiger partial charge >= 0.3 is 18.0 Å². The van der Waals surface area contributed by atoms with Crippen molar-refractivity contribution >= 4 is 35.8 Å².